The minimum absolute atomic E-state index is 0.267. The molecule has 134 valence electrons. The van der Waals surface area contributed by atoms with Gasteiger partial charge in [-0.2, -0.15) is 9.67 Å². The van der Waals surface area contributed by atoms with Crippen molar-refractivity contribution in [3.8, 4) is 5.69 Å². The minimum Gasteiger partial charge on any atom is -0.351 e. The van der Waals surface area contributed by atoms with Crippen LogP contribution in [0.25, 0.3) is 16.9 Å². The topological polar surface area (TPSA) is 94.5 Å². The summed E-state index contributed by atoms with van der Waals surface area (Å²) in [5.74, 6) is 0.626. The standard InChI is InChI=1S/C19H23N7/c20-14-5-2-6-15(10-14)22-19-21-11-17-18(23-19)26(25-24-17)16-8-7-12-3-1-4-13(12)9-16/h7-9,11,14-15H,1-6,10,20H2,(H,21,22,23). The molecule has 2 aromatic heterocycles. The first-order valence-electron chi connectivity index (χ1n) is 9.49. The molecule has 0 radical (unpaired) electrons. The molecule has 2 atom stereocenters. The molecule has 7 nitrogen and oxygen atoms in total. The molecule has 0 bridgehead atoms. The van der Waals surface area contributed by atoms with E-state index in [0.717, 1.165) is 43.4 Å². The maximum atomic E-state index is 6.09. The Morgan fingerprint density at radius 3 is 2.96 bits per heavy atom. The minimum atomic E-state index is 0.267. The third-order valence-electron chi connectivity index (χ3n) is 5.57. The molecule has 1 saturated carbocycles. The van der Waals surface area contributed by atoms with E-state index in [1.54, 1.807) is 6.20 Å². The summed E-state index contributed by atoms with van der Waals surface area (Å²) in [6.07, 6.45) is 9.61. The van der Waals surface area contributed by atoms with Crippen LogP contribution in [0.15, 0.2) is 24.4 Å². The molecule has 0 spiro atoms. The predicted molar refractivity (Wildman–Crippen MR) is 100 cm³/mol. The molecule has 7 heteroatoms. The van der Waals surface area contributed by atoms with Crippen LogP contribution in [-0.2, 0) is 12.8 Å². The summed E-state index contributed by atoms with van der Waals surface area (Å²) in [4.78, 5) is 9.11. The van der Waals surface area contributed by atoms with Gasteiger partial charge in [-0.3, -0.25) is 0 Å². The van der Waals surface area contributed by atoms with Gasteiger partial charge in [0, 0.05) is 12.1 Å². The summed E-state index contributed by atoms with van der Waals surface area (Å²) >= 11 is 0. The molecular weight excluding hydrogens is 326 g/mol. The number of hydrogen-bond acceptors (Lipinski definition) is 6. The highest BCUT2D eigenvalue weighted by Crippen LogP contribution is 2.26. The maximum Gasteiger partial charge on any atom is 0.225 e. The lowest BCUT2D eigenvalue weighted by molar-refractivity contribution is 0.408. The Balaban J connectivity index is 1.47. The Morgan fingerprint density at radius 1 is 1.12 bits per heavy atom. The van der Waals surface area contributed by atoms with Gasteiger partial charge in [-0.15, -0.1) is 5.10 Å². The van der Waals surface area contributed by atoms with Crippen molar-refractivity contribution < 1.29 is 0 Å². The first-order chi connectivity index (χ1) is 12.8. The van der Waals surface area contributed by atoms with Gasteiger partial charge < -0.3 is 11.1 Å². The van der Waals surface area contributed by atoms with E-state index in [-0.39, 0.29) is 6.04 Å². The third-order valence-corrected chi connectivity index (χ3v) is 5.57. The largest absolute Gasteiger partial charge is 0.351 e. The zero-order valence-corrected chi connectivity index (χ0v) is 14.7. The highest BCUT2D eigenvalue weighted by molar-refractivity contribution is 5.72. The van der Waals surface area contributed by atoms with E-state index < -0.39 is 0 Å². The van der Waals surface area contributed by atoms with E-state index in [4.69, 9.17) is 10.7 Å². The van der Waals surface area contributed by atoms with Gasteiger partial charge in [0.25, 0.3) is 0 Å². The Labute approximate surface area is 152 Å². The van der Waals surface area contributed by atoms with Gasteiger partial charge in [0.15, 0.2) is 11.2 Å². The number of nitrogens with two attached hydrogens (primary N) is 1. The maximum absolute atomic E-state index is 6.09. The SMILES string of the molecule is NC1CCCC(Nc2ncc3nnn(-c4ccc5c(c4)CCC5)c3n2)C1. The van der Waals surface area contributed by atoms with Crippen molar-refractivity contribution >= 4 is 17.1 Å². The molecule has 3 N–H and O–H groups in total. The summed E-state index contributed by atoms with van der Waals surface area (Å²) in [5, 5.41) is 12.0. The lowest BCUT2D eigenvalue weighted by atomic mass is 9.92. The molecule has 0 saturated heterocycles. The zero-order chi connectivity index (χ0) is 17.5. The fourth-order valence-corrected chi connectivity index (χ4v) is 4.20. The first kappa shape index (κ1) is 15.7. The fourth-order valence-electron chi connectivity index (χ4n) is 4.20. The van der Waals surface area contributed by atoms with Gasteiger partial charge in [-0.25, -0.2) is 4.98 Å². The molecule has 0 amide bonds. The number of rotatable bonds is 3. The van der Waals surface area contributed by atoms with Gasteiger partial charge in [0.2, 0.25) is 5.95 Å². The molecule has 2 aliphatic carbocycles. The Kier molecular flexibility index (Phi) is 3.81. The molecule has 0 aliphatic heterocycles. The predicted octanol–water partition coefficient (Wildman–Crippen LogP) is 2.38. The highest BCUT2D eigenvalue weighted by Gasteiger charge is 2.20. The summed E-state index contributed by atoms with van der Waals surface area (Å²) in [5.41, 5.74) is 11.4. The number of nitrogens with one attached hydrogen (secondary N) is 1. The van der Waals surface area contributed by atoms with Crippen molar-refractivity contribution in [3.63, 3.8) is 0 Å². The normalized spacial score (nSPS) is 22.5. The number of nitrogens with zero attached hydrogens (tertiary/aromatic N) is 5. The highest BCUT2D eigenvalue weighted by atomic mass is 15.4. The van der Waals surface area contributed by atoms with Crippen LogP contribution in [0.1, 0.15) is 43.2 Å². The van der Waals surface area contributed by atoms with Crippen LogP contribution in [0.5, 0.6) is 0 Å². The number of anilines is 1. The van der Waals surface area contributed by atoms with Crippen LogP contribution in [0.2, 0.25) is 0 Å². The number of aryl methyl sites for hydroxylation is 2. The second-order valence-corrected chi connectivity index (χ2v) is 7.48. The smallest absolute Gasteiger partial charge is 0.225 e. The molecular formula is C19H23N7. The summed E-state index contributed by atoms with van der Waals surface area (Å²) in [6.45, 7) is 0. The average molecular weight is 349 g/mol. The Morgan fingerprint density at radius 2 is 2.04 bits per heavy atom. The second kappa shape index (κ2) is 6.32. The summed E-state index contributed by atoms with van der Waals surface area (Å²) < 4.78 is 1.81. The van der Waals surface area contributed by atoms with Crippen LogP contribution in [0.4, 0.5) is 5.95 Å². The average Bonchev–Trinajstić information content (AvgIpc) is 3.27. The van der Waals surface area contributed by atoms with Gasteiger partial charge >= 0.3 is 0 Å². The van der Waals surface area contributed by atoms with E-state index in [9.17, 15) is 0 Å². The lowest BCUT2D eigenvalue weighted by Gasteiger charge is -2.27. The molecule has 26 heavy (non-hydrogen) atoms. The molecule has 1 aromatic carbocycles. The van der Waals surface area contributed by atoms with Crippen LogP contribution in [-0.4, -0.2) is 37.0 Å². The monoisotopic (exact) mass is 349 g/mol. The molecule has 3 aromatic rings. The number of aromatic nitrogens is 5. The Hall–Kier alpha value is -2.54. The Bertz CT molecular complexity index is 948. The summed E-state index contributed by atoms with van der Waals surface area (Å²) in [7, 11) is 0. The van der Waals surface area contributed by atoms with Crippen molar-refractivity contribution in [1.29, 1.82) is 0 Å². The van der Waals surface area contributed by atoms with E-state index >= 15 is 0 Å². The van der Waals surface area contributed by atoms with E-state index in [1.165, 1.54) is 24.0 Å². The van der Waals surface area contributed by atoms with Crippen molar-refractivity contribution in [2.75, 3.05) is 5.32 Å². The van der Waals surface area contributed by atoms with Gasteiger partial charge in [-0.05, 0) is 68.2 Å². The van der Waals surface area contributed by atoms with E-state index in [2.05, 4.69) is 38.8 Å². The first-order valence-corrected chi connectivity index (χ1v) is 9.49. The fraction of sp³-hybridized carbons (Fsp3) is 0.474. The van der Waals surface area contributed by atoms with E-state index in [1.807, 2.05) is 4.68 Å². The number of fused-ring (bicyclic) bond motifs is 2. The van der Waals surface area contributed by atoms with E-state index in [0.29, 0.717) is 17.5 Å². The van der Waals surface area contributed by atoms with Crippen molar-refractivity contribution in [3.05, 3.63) is 35.5 Å². The molecule has 5 rings (SSSR count). The van der Waals surface area contributed by atoms with Crippen LogP contribution < -0.4 is 11.1 Å². The summed E-state index contributed by atoms with van der Waals surface area (Å²) in [6, 6.07) is 7.12. The lowest BCUT2D eigenvalue weighted by Crippen LogP contribution is -2.35. The molecule has 1 fully saturated rings. The van der Waals surface area contributed by atoms with Gasteiger partial charge in [-0.1, -0.05) is 11.3 Å². The molecule has 2 aliphatic rings. The molecule has 2 heterocycles. The van der Waals surface area contributed by atoms with Crippen molar-refractivity contribution in [2.24, 2.45) is 5.73 Å². The van der Waals surface area contributed by atoms with Crippen molar-refractivity contribution in [1.82, 2.24) is 25.0 Å². The number of benzene rings is 1. The zero-order valence-electron chi connectivity index (χ0n) is 14.7. The van der Waals surface area contributed by atoms with Gasteiger partial charge in [0.1, 0.15) is 0 Å². The second-order valence-electron chi connectivity index (χ2n) is 7.48. The van der Waals surface area contributed by atoms with Crippen LogP contribution in [0, 0.1) is 0 Å². The van der Waals surface area contributed by atoms with Gasteiger partial charge in [0.05, 0.1) is 11.9 Å². The van der Waals surface area contributed by atoms with Crippen LogP contribution >= 0.6 is 0 Å². The number of hydrogen-bond donors (Lipinski definition) is 2. The quantitative estimate of drug-likeness (QED) is 0.754. The molecule has 2 unspecified atom stereocenters. The van der Waals surface area contributed by atoms with Crippen molar-refractivity contribution in [2.45, 2.75) is 57.0 Å². The van der Waals surface area contributed by atoms with Crippen LogP contribution in [0.3, 0.4) is 0 Å². The third kappa shape index (κ3) is 2.82.